The summed E-state index contributed by atoms with van der Waals surface area (Å²) in [7, 11) is -3.39. The van der Waals surface area contributed by atoms with Crippen molar-refractivity contribution in [2.24, 2.45) is 5.92 Å². The van der Waals surface area contributed by atoms with Gasteiger partial charge in [0, 0.05) is 18.7 Å². The van der Waals surface area contributed by atoms with Crippen molar-refractivity contribution < 1.29 is 30.8 Å². The Morgan fingerprint density at radius 2 is 1.93 bits per heavy atom. The number of carbonyl (C=O) groups is 1. The molecule has 28 heavy (non-hydrogen) atoms. The van der Waals surface area contributed by atoms with Gasteiger partial charge in [-0.3, -0.25) is 10.1 Å². The van der Waals surface area contributed by atoms with Crippen molar-refractivity contribution in [3.8, 4) is 11.5 Å². The van der Waals surface area contributed by atoms with E-state index in [1.54, 1.807) is 0 Å². The van der Waals surface area contributed by atoms with Crippen LogP contribution >= 0.6 is 0 Å². The van der Waals surface area contributed by atoms with Crippen LogP contribution in [0.2, 0.25) is 0 Å². The maximum Gasteiger partial charge on any atom is 0.416 e. The van der Waals surface area contributed by atoms with Crippen molar-refractivity contribution in [1.29, 1.82) is 0 Å². The molecule has 2 aromatic rings. The van der Waals surface area contributed by atoms with E-state index in [-0.39, 0.29) is 24.0 Å². The van der Waals surface area contributed by atoms with Crippen molar-refractivity contribution in [3.05, 3.63) is 29.8 Å². The molecule has 3 rings (SSSR count). The largest absolute Gasteiger partial charge is 0.416 e. The van der Waals surface area contributed by atoms with Crippen LogP contribution in [-0.4, -0.2) is 48.2 Å². The molecule has 12 heteroatoms. The first-order valence-corrected chi connectivity index (χ1v) is 10.2. The lowest BCUT2D eigenvalue weighted by atomic mass is 9.99. The zero-order chi connectivity index (χ0) is 20.5. The van der Waals surface area contributed by atoms with Gasteiger partial charge in [-0.2, -0.15) is 13.2 Å². The molecular weight excluding hydrogens is 401 g/mol. The third-order valence-electron chi connectivity index (χ3n) is 4.34. The average molecular weight is 418 g/mol. The average Bonchev–Trinajstić information content (AvgIpc) is 3.09. The normalized spacial score (nSPS) is 18.8. The Morgan fingerprint density at radius 3 is 2.54 bits per heavy atom. The number of hydrogen-bond donors (Lipinski definition) is 1. The lowest BCUT2D eigenvalue weighted by Crippen LogP contribution is -2.43. The molecule has 8 nitrogen and oxygen atoms in total. The van der Waals surface area contributed by atoms with Crippen LogP contribution in [0.25, 0.3) is 11.5 Å². The van der Waals surface area contributed by atoms with Gasteiger partial charge in [0.05, 0.1) is 17.7 Å². The summed E-state index contributed by atoms with van der Waals surface area (Å²) in [5.41, 5.74) is -0.543. The summed E-state index contributed by atoms with van der Waals surface area (Å²) < 4.78 is 67.6. The molecular formula is C16H17F3N4O4S. The summed E-state index contributed by atoms with van der Waals surface area (Å²) in [5.74, 6) is -1.08. The molecule has 0 radical (unpaired) electrons. The van der Waals surface area contributed by atoms with Gasteiger partial charge >= 0.3 is 12.2 Å². The number of piperidine rings is 1. The van der Waals surface area contributed by atoms with E-state index in [1.165, 1.54) is 16.4 Å². The molecule has 1 amide bonds. The first-order valence-electron chi connectivity index (χ1n) is 8.31. The second-order valence-electron chi connectivity index (χ2n) is 6.44. The maximum atomic E-state index is 12.6. The molecule has 2 heterocycles. The van der Waals surface area contributed by atoms with Crippen LogP contribution in [0.5, 0.6) is 0 Å². The molecule has 1 unspecified atom stereocenters. The molecule has 0 saturated carbocycles. The quantitative estimate of drug-likeness (QED) is 0.817. The third-order valence-corrected chi connectivity index (χ3v) is 5.61. The third kappa shape index (κ3) is 4.68. The molecule has 1 aromatic heterocycles. The molecule has 1 aliphatic rings. The SMILES string of the molecule is CS(=O)(=O)N1CCCC(C(=O)Nc2nnc(-c3ccc(C(F)(F)F)cc3)o2)C1. The van der Waals surface area contributed by atoms with E-state index < -0.39 is 33.6 Å². The van der Waals surface area contributed by atoms with Crippen LogP contribution < -0.4 is 5.32 Å². The van der Waals surface area contributed by atoms with E-state index in [4.69, 9.17) is 4.42 Å². The van der Waals surface area contributed by atoms with Gasteiger partial charge in [0.1, 0.15) is 0 Å². The number of sulfonamides is 1. The van der Waals surface area contributed by atoms with E-state index in [1.807, 2.05) is 0 Å². The van der Waals surface area contributed by atoms with Crippen LogP contribution in [0, 0.1) is 5.92 Å². The highest BCUT2D eigenvalue weighted by Crippen LogP contribution is 2.31. The van der Waals surface area contributed by atoms with Gasteiger partial charge in [0.2, 0.25) is 21.8 Å². The monoisotopic (exact) mass is 418 g/mol. The summed E-state index contributed by atoms with van der Waals surface area (Å²) in [6.45, 7) is 0.422. The smallest absolute Gasteiger partial charge is 0.403 e. The van der Waals surface area contributed by atoms with Crippen molar-refractivity contribution in [1.82, 2.24) is 14.5 Å². The second kappa shape index (κ2) is 7.51. The fraction of sp³-hybridized carbons (Fsp3) is 0.438. The van der Waals surface area contributed by atoms with E-state index >= 15 is 0 Å². The highest BCUT2D eigenvalue weighted by Gasteiger charge is 2.31. The molecule has 1 aromatic carbocycles. The Bertz CT molecular complexity index is 957. The Labute approximate surface area is 158 Å². The number of alkyl halides is 3. The Morgan fingerprint density at radius 1 is 1.25 bits per heavy atom. The highest BCUT2D eigenvalue weighted by atomic mass is 32.2. The van der Waals surface area contributed by atoms with E-state index in [0.29, 0.717) is 19.4 Å². The van der Waals surface area contributed by atoms with E-state index in [9.17, 15) is 26.4 Å². The molecule has 0 spiro atoms. The number of hydrogen-bond acceptors (Lipinski definition) is 6. The topological polar surface area (TPSA) is 105 Å². The molecule has 152 valence electrons. The fourth-order valence-electron chi connectivity index (χ4n) is 2.86. The lowest BCUT2D eigenvalue weighted by Gasteiger charge is -2.29. The van der Waals surface area contributed by atoms with E-state index in [2.05, 4.69) is 15.5 Å². The second-order valence-corrected chi connectivity index (χ2v) is 8.42. The molecule has 1 atom stereocenters. The predicted molar refractivity (Wildman–Crippen MR) is 92.5 cm³/mol. The summed E-state index contributed by atoms with van der Waals surface area (Å²) in [6.07, 6.45) is -2.31. The van der Waals surface area contributed by atoms with E-state index in [0.717, 1.165) is 18.4 Å². The minimum absolute atomic E-state index is 0.0505. The Kier molecular flexibility index (Phi) is 5.44. The van der Waals surface area contributed by atoms with Gasteiger partial charge in [-0.15, -0.1) is 5.10 Å². The fourth-order valence-corrected chi connectivity index (χ4v) is 3.77. The van der Waals surface area contributed by atoms with Crippen LogP contribution in [0.15, 0.2) is 28.7 Å². The van der Waals surface area contributed by atoms with Crippen LogP contribution in [-0.2, 0) is 21.0 Å². The molecule has 1 fully saturated rings. The molecule has 1 N–H and O–H groups in total. The number of aromatic nitrogens is 2. The van der Waals surface area contributed by atoms with Gasteiger partial charge in [-0.25, -0.2) is 12.7 Å². The first kappa shape index (κ1) is 20.3. The number of rotatable bonds is 4. The summed E-state index contributed by atoms with van der Waals surface area (Å²) in [5, 5.41) is 9.80. The van der Waals surface area contributed by atoms with Gasteiger partial charge in [-0.1, -0.05) is 5.10 Å². The number of nitrogens with zero attached hydrogens (tertiary/aromatic N) is 3. The summed E-state index contributed by atoms with van der Waals surface area (Å²) in [4.78, 5) is 12.4. The highest BCUT2D eigenvalue weighted by molar-refractivity contribution is 7.88. The Balaban J connectivity index is 1.66. The van der Waals surface area contributed by atoms with Crippen molar-refractivity contribution >= 4 is 21.9 Å². The maximum absolute atomic E-state index is 12.6. The lowest BCUT2D eigenvalue weighted by molar-refractivity contribution is -0.137. The van der Waals surface area contributed by atoms with Crippen molar-refractivity contribution in [2.75, 3.05) is 24.7 Å². The molecule has 1 aliphatic heterocycles. The number of nitrogens with one attached hydrogen (secondary N) is 1. The zero-order valence-corrected chi connectivity index (χ0v) is 15.5. The standard InChI is InChI=1S/C16H17F3N4O4S/c1-28(25,26)23-8-2-3-11(9-23)13(24)20-15-22-21-14(27-15)10-4-6-12(7-5-10)16(17,18)19/h4-7,11H,2-3,8-9H2,1H3,(H,20,22,24). The number of carbonyl (C=O) groups excluding carboxylic acids is 1. The van der Waals surface area contributed by atoms with Crippen molar-refractivity contribution in [2.45, 2.75) is 19.0 Å². The van der Waals surface area contributed by atoms with Crippen molar-refractivity contribution in [3.63, 3.8) is 0 Å². The summed E-state index contributed by atoms with van der Waals surface area (Å²) >= 11 is 0. The minimum Gasteiger partial charge on any atom is -0.403 e. The zero-order valence-electron chi connectivity index (χ0n) is 14.7. The predicted octanol–water partition coefficient (Wildman–Crippen LogP) is 2.37. The number of amides is 1. The van der Waals surface area contributed by atoms with Crippen LogP contribution in [0.1, 0.15) is 18.4 Å². The number of anilines is 1. The molecule has 0 bridgehead atoms. The van der Waals surface area contributed by atoms with Crippen LogP contribution in [0.4, 0.5) is 19.2 Å². The molecule has 1 saturated heterocycles. The van der Waals surface area contributed by atoms with Gasteiger partial charge < -0.3 is 4.42 Å². The van der Waals surface area contributed by atoms with Gasteiger partial charge in [0.25, 0.3) is 0 Å². The van der Waals surface area contributed by atoms with Crippen LogP contribution in [0.3, 0.4) is 0 Å². The van der Waals surface area contributed by atoms with Gasteiger partial charge in [0.15, 0.2) is 0 Å². The summed E-state index contributed by atoms with van der Waals surface area (Å²) in [6, 6.07) is 3.94. The molecule has 0 aliphatic carbocycles. The Hall–Kier alpha value is -2.47. The number of benzene rings is 1. The minimum atomic E-state index is -4.45. The first-order chi connectivity index (χ1) is 13.0. The number of halogens is 3. The van der Waals surface area contributed by atoms with Gasteiger partial charge in [-0.05, 0) is 37.1 Å².